The Hall–Kier alpha value is -1.52. The zero-order valence-corrected chi connectivity index (χ0v) is 11.4. The van der Waals surface area contributed by atoms with E-state index in [1.165, 1.54) is 6.07 Å². The molecule has 1 heterocycles. The standard InChI is InChI=1S/C15H18F3NO/c1-2-3-4-5-6-11-12-9-10(15(16,17)18)7-8-13(12)19-14(11)20/h7-9,11H,2-6H2,1H3,(H,19,20). The van der Waals surface area contributed by atoms with Crippen molar-refractivity contribution in [2.75, 3.05) is 5.32 Å². The molecule has 0 aliphatic carbocycles. The maximum absolute atomic E-state index is 12.7. The molecule has 0 spiro atoms. The topological polar surface area (TPSA) is 29.1 Å². The van der Waals surface area contributed by atoms with Gasteiger partial charge in [-0.1, -0.05) is 32.6 Å². The zero-order valence-electron chi connectivity index (χ0n) is 11.4. The summed E-state index contributed by atoms with van der Waals surface area (Å²) in [5.41, 5.74) is 0.316. The largest absolute Gasteiger partial charge is 0.416 e. The van der Waals surface area contributed by atoms with Crippen LogP contribution in [0.1, 0.15) is 56.1 Å². The Balaban J connectivity index is 2.15. The number of rotatable bonds is 5. The molecule has 2 nitrogen and oxygen atoms in total. The van der Waals surface area contributed by atoms with Crippen molar-refractivity contribution in [2.24, 2.45) is 0 Å². The smallest absolute Gasteiger partial charge is 0.325 e. The minimum absolute atomic E-state index is 0.184. The number of unbranched alkanes of at least 4 members (excludes halogenated alkanes) is 3. The van der Waals surface area contributed by atoms with Crippen molar-refractivity contribution in [1.82, 2.24) is 0 Å². The van der Waals surface area contributed by atoms with Crippen LogP contribution < -0.4 is 5.32 Å². The monoisotopic (exact) mass is 285 g/mol. The second kappa shape index (κ2) is 5.85. The van der Waals surface area contributed by atoms with Crippen LogP contribution in [-0.4, -0.2) is 5.91 Å². The van der Waals surface area contributed by atoms with Crippen molar-refractivity contribution in [3.8, 4) is 0 Å². The second-order valence-corrected chi connectivity index (χ2v) is 5.19. The molecule has 1 aromatic rings. The summed E-state index contributed by atoms with van der Waals surface area (Å²) in [5, 5.41) is 2.66. The van der Waals surface area contributed by atoms with Gasteiger partial charge < -0.3 is 5.32 Å². The van der Waals surface area contributed by atoms with Crippen molar-refractivity contribution in [2.45, 2.75) is 51.1 Å². The van der Waals surface area contributed by atoms with Gasteiger partial charge in [0.05, 0.1) is 11.5 Å². The molecule has 1 unspecified atom stereocenters. The van der Waals surface area contributed by atoms with Crippen LogP contribution in [0, 0.1) is 0 Å². The summed E-state index contributed by atoms with van der Waals surface area (Å²) in [6.45, 7) is 2.09. The fraction of sp³-hybridized carbons (Fsp3) is 0.533. The highest BCUT2D eigenvalue weighted by molar-refractivity contribution is 6.02. The molecular formula is C15H18F3NO. The number of benzene rings is 1. The summed E-state index contributed by atoms with van der Waals surface area (Å²) >= 11 is 0. The first-order chi connectivity index (χ1) is 9.43. The lowest BCUT2D eigenvalue weighted by atomic mass is 9.93. The van der Waals surface area contributed by atoms with E-state index in [2.05, 4.69) is 12.2 Å². The van der Waals surface area contributed by atoms with Gasteiger partial charge in [-0.3, -0.25) is 4.79 Å². The Bertz CT molecular complexity index is 496. The number of carbonyl (C=O) groups is 1. The molecule has 1 N–H and O–H groups in total. The fourth-order valence-electron chi connectivity index (χ4n) is 2.56. The van der Waals surface area contributed by atoms with Crippen molar-refractivity contribution < 1.29 is 18.0 Å². The number of alkyl halides is 3. The Labute approximate surface area is 116 Å². The first-order valence-electron chi connectivity index (χ1n) is 6.95. The first-order valence-corrected chi connectivity index (χ1v) is 6.95. The molecule has 1 aliphatic rings. The number of carbonyl (C=O) groups excluding carboxylic acids is 1. The van der Waals surface area contributed by atoms with Gasteiger partial charge in [0.25, 0.3) is 0 Å². The Morgan fingerprint density at radius 2 is 1.95 bits per heavy atom. The van der Waals surface area contributed by atoms with Crippen LogP contribution in [0.25, 0.3) is 0 Å². The maximum Gasteiger partial charge on any atom is 0.416 e. The quantitative estimate of drug-likeness (QED) is 0.780. The second-order valence-electron chi connectivity index (χ2n) is 5.19. The molecule has 1 aliphatic heterocycles. The van der Waals surface area contributed by atoms with Crippen LogP contribution in [0.15, 0.2) is 18.2 Å². The lowest BCUT2D eigenvalue weighted by Crippen LogP contribution is -2.12. The predicted molar refractivity (Wildman–Crippen MR) is 71.6 cm³/mol. The van der Waals surface area contributed by atoms with Gasteiger partial charge >= 0.3 is 6.18 Å². The van der Waals surface area contributed by atoms with Crippen LogP contribution in [0.2, 0.25) is 0 Å². The van der Waals surface area contributed by atoms with Gasteiger partial charge in [-0.2, -0.15) is 13.2 Å². The molecule has 1 atom stereocenters. The first kappa shape index (κ1) is 14.9. The summed E-state index contributed by atoms with van der Waals surface area (Å²) in [7, 11) is 0. The third kappa shape index (κ3) is 3.14. The molecule has 0 bridgehead atoms. The lowest BCUT2D eigenvalue weighted by molar-refractivity contribution is -0.137. The predicted octanol–water partition coefficient (Wildman–Crippen LogP) is 4.71. The highest BCUT2D eigenvalue weighted by Crippen LogP contribution is 2.39. The average Bonchev–Trinajstić information content (AvgIpc) is 2.69. The number of amides is 1. The van der Waals surface area contributed by atoms with Gasteiger partial charge in [-0.25, -0.2) is 0 Å². The summed E-state index contributed by atoms with van der Waals surface area (Å²) in [6.07, 6.45) is 0.291. The molecule has 0 saturated carbocycles. The van der Waals surface area contributed by atoms with E-state index in [9.17, 15) is 18.0 Å². The van der Waals surface area contributed by atoms with Crippen molar-refractivity contribution in [3.63, 3.8) is 0 Å². The number of halogens is 3. The van der Waals surface area contributed by atoms with Crippen LogP contribution in [0.3, 0.4) is 0 Å². The number of hydrogen-bond donors (Lipinski definition) is 1. The molecule has 1 aromatic carbocycles. The Kier molecular flexibility index (Phi) is 4.35. The van der Waals surface area contributed by atoms with Gasteiger partial charge in [0.2, 0.25) is 5.91 Å². The van der Waals surface area contributed by atoms with E-state index in [1.54, 1.807) is 0 Å². The molecule has 0 radical (unpaired) electrons. The van der Waals surface area contributed by atoms with E-state index in [4.69, 9.17) is 0 Å². The number of nitrogens with one attached hydrogen (secondary N) is 1. The fourth-order valence-corrected chi connectivity index (χ4v) is 2.56. The zero-order chi connectivity index (χ0) is 14.8. The van der Waals surface area contributed by atoms with Gasteiger partial charge in [0.1, 0.15) is 0 Å². The molecule has 0 fully saturated rings. The SMILES string of the molecule is CCCCCCC1C(=O)Nc2ccc(C(F)(F)F)cc21. The summed E-state index contributed by atoms with van der Waals surface area (Å²) in [4.78, 5) is 11.9. The van der Waals surface area contributed by atoms with Crippen LogP contribution in [-0.2, 0) is 11.0 Å². The summed E-state index contributed by atoms with van der Waals surface area (Å²) in [5.74, 6) is -0.625. The molecule has 5 heteroatoms. The minimum atomic E-state index is -4.37. The van der Waals surface area contributed by atoms with E-state index < -0.39 is 17.7 Å². The van der Waals surface area contributed by atoms with E-state index >= 15 is 0 Å². The lowest BCUT2D eigenvalue weighted by Gasteiger charge is -2.11. The van der Waals surface area contributed by atoms with E-state index in [-0.39, 0.29) is 5.91 Å². The Morgan fingerprint density at radius 3 is 2.60 bits per heavy atom. The van der Waals surface area contributed by atoms with Crippen LogP contribution >= 0.6 is 0 Å². The van der Waals surface area contributed by atoms with E-state index in [1.807, 2.05) is 0 Å². The van der Waals surface area contributed by atoms with Crippen LogP contribution in [0.5, 0.6) is 0 Å². The van der Waals surface area contributed by atoms with Crippen molar-refractivity contribution in [3.05, 3.63) is 29.3 Å². The number of anilines is 1. The molecule has 2 rings (SSSR count). The third-order valence-electron chi connectivity index (χ3n) is 3.68. The normalized spacial score (nSPS) is 18.0. The van der Waals surface area contributed by atoms with E-state index in [0.717, 1.165) is 37.8 Å². The van der Waals surface area contributed by atoms with Gasteiger partial charge in [-0.05, 0) is 30.2 Å². The number of fused-ring (bicyclic) bond motifs is 1. The highest BCUT2D eigenvalue weighted by Gasteiger charge is 2.35. The Morgan fingerprint density at radius 1 is 1.20 bits per heavy atom. The van der Waals surface area contributed by atoms with E-state index in [0.29, 0.717) is 17.7 Å². The average molecular weight is 285 g/mol. The molecule has 110 valence electrons. The third-order valence-corrected chi connectivity index (χ3v) is 3.68. The van der Waals surface area contributed by atoms with Gasteiger partial charge in [0.15, 0.2) is 0 Å². The molecule has 0 aromatic heterocycles. The van der Waals surface area contributed by atoms with Gasteiger partial charge in [-0.15, -0.1) is 0 Å². The highest BCUT2D eigenvalue weighted by atomic mass is 19.4. The van der Waals surface area contributed by atoms with Crippen molar-refractivity contribution in [1.29, 1.82) is 0 Å². The molecule has 20 heavy (non-hydrogen) atoms. The summed E-state index contributed by atoms with van der Waals surface area (Å²) < 4.78 is 38.2. The van der Waals surface area contributed by atoms with Crippen molar-refractivity contribution >= 4 is 11.6 Å². The maximum atomic E-state index is 12.7. The minimum Gasteiger partial charge on any atom is -0.325 e. The van der Waals surface area contributed by atoms with Crippen LogP contribution in [0.4, 0.5) is 18.9 Å². The molecule has 1 amide bonds. The number of hydrogen-bond acceptors (Lipinski definition) is 1. The van der Waals surface area contributed by atoms with Gasteiger partial charge in [0, 0.05) is 5.69 Å². The summed E-state index contributed by atoms with van der Waals surface area (Å²) in [6, 6.07) is 3.47. The molecule has 0 saturated heterocycles. The molecular weight excluding hydrogens is 267 g/mol.